The molecule has 1 aliphatic heterocycles. The first kappa shape index (κ1) is 14.6. The van der Waals surface area contributed by atoms with E-state index in [4.69, 9.17) is 0 Å². The van der Waals surface area contributed by atoms with Gasteiger partial charge in [0.25, 0.3) is 0 Å². The molecule has 0 spiro atoms. The predicted molar refractivity (Wildman–Crippen MR) is 76.5 cm³/mol. The lowest BCUT2D eigenvalue weighted by atomic mass is 9.94. The Kier molecular flexibility index (Phi) is 4.39. The van der Waals surface area contributed by atoms with E-state index >= 15 is 0 Å². The molecule has 1 heterocycles. The van der Waals surface area contributed by atoms with Gasteiger partial charge in [0.15, 0.2) is 0 Å². The van der Waals surface area contributed by atoms with Gasteiger partial charge in [-0.25, -0.2) is 4.79 Å². The van der Waals surface area contributed by atoms with Crippen LogP contribution in [0.2, 0.25) is 0 Å². The Morgan fingerprint density at radius 1 is 1.16 bits per heavy atom. The lowest BCUT2D eigenvalue weighted by Crippen LogP contribution is -2.52. The van der Waals surface area contributed by atoms with Crippen molar-refractivity contribution >= 4 is 6.09 Å². The molecule has 2 rings (SSSR count). The second-order valence-corrected chi connectivity index (χ2v) is 7.05. The van der Waals surface area contributed by atoms with Crippen molar-refractivity contribution in [2.24, 2.45) is 0 Å². The fourth-order valence-electron chi connectivity index (χ4n) is 3.75. The van der Waals surface area contributed by atoms with E-state index in [1.165, 1.54) is 32.1 Å². The summed E-state index contributed by atoms with van der Waals surface area (Å²) in [5.41, 5.74) is -0.306. The van der Waals surface area contributed by atoms with Crippen LogP contribution in [0.4, 0.5) is 4.79 Å². The molecule has 110 valence electrons. The molecule has 1 atom stereocenters. The van der Waals surface area contributed by atoms with Crippen LogP contribution in [0.5, 0.6) is 0 Å². The average molecular weight is 268 g/mol. The summed E-state index contributed by atoms with van der Waals surface area (Å²) < 4.78 is 0. The van der Waals surface area contributed by atoms with E-state index in [0.717, 1.165) is 19.5 Å². The summed E-state index contributed by atoms with van der Waals surface area (Å²) in [7, 11) is 0. The Labute approximate surface area is 116 Å². The zero-order valence-electron chi connectivity index (χ0n) is 12.6. The summed E-state index contributed by atoms with van der Waals surface area (Å²) in [6.45, 7) is 7.96. The maximum Gasteiger partial charge on any atom is 0.408 e. The molecule has 2 fully saturated rings. The number of carbonyl (C=O) groups is 1. The Morgan fingerprint density at radius 3 is 2.32 bits per heavy atom. The fraction of sp³-hybridized carbons (Fsp3) is 0.933. The van der Waals surface area contributed by atoms with Crippen LogP contribution >= 0.6 is 0 Å². The molecule has 1 N–H and O–H groups in total. The van der Waals surface area contributed by atoms with Gasteiger partial charge in [0, 0.05) is 30.7 Å². The number of likely N-dealkylation sites (tertiary alicyclic amines) is 1. The third kappa shape index (κ3) is 3.41. The third-order valence-corrected chi connectivity index (χ3v) is 4.58. The Bertz CT molecular complexity index is 319. The number of carboxylic acid groups (broad SMARTS) is 1. The largest absolute Gasteiger partial charge is 0.465 e. The lowest BCUT2D eigenvalue weighted by molar-refractivity contribution is 0.0686. The minimum Gasteiger partial charge on any atom is -0.465 e. The summed E-state index contributed by atoms with van der Waals surface area (Å²) in [5, 5.41) is 9.47. The maximum absolute atomic E-state index is 11.5. The Morgan fingerprint density at radius 2 is 1.79 bits per heavy atom. The van der Waals surface area contributed by atoms with E-state index in [-0.39, 0.29) is 11.6 Å². The highest BCUT2D eigenvalue weighted by atomic mass is 16.4. The van der Waals surface area contributed by atoms with Crippen LogP contribution in [0.3, 0.4) is 0 Å². The zero-order valence-corrected chi connectivity index (χ0v) is 12.6. The van der Waals surface area contributed by atoms with Crippen LogP contribution in [0.25, 0.3) is 0 Å². The second kappa shape index (κ2) is 5.70. The van der Waals surface area contributed by atoms with Crippen LogP contribution in [0, 0.1) is 0 Å². The first-order valence-corrected chi connectivity index (χ1v) is 7.66. The average Bonchev–Trinajstić information content (AvgIpc) is 2.77. The molecule has 19 heavy (non-hydrogen) atoms. The summed E-state index contributed by atoms with van der Waals surface area (Å²) in [6, 6.07) is 0.869. The van der Waals surface area contributed by atoms with Gasteiger partial charge >= 0.3 is 6.09 Å². The lowest BCUT2D eigenvalue weighted by Gasteiger charge is -2.38. The van der Waals surface area contributed by atoms with E-state index in [1.807, 2.05) is 20.8 Å². The molecular weight excluding hydrogens is 240 g/mol. The van der Waals surface area contributed by atoms with Gasteiger partial charge in [0.2, 0.25) is 0 Å². The molecule has 1 amide bonds. The van der Waals surface area contributed by atoms with Gasteiger partial charge in [0.05, 0.1) is 0 Å². The molecule has 1 saturated heterocycles. The van der Waals surface area contributed by atoms with Crippen molar-refractivity contribution in [3.8, 4) is 0 Å². The van der Waals surface area contributed by atoms with E-state index < -0.39 is 6.09 Å². The molecule has 1 aliphatic carbocycles. The summed E-state index contributed by atoms with van der Waals surface area (Å²) in [6.07, 6.45) is 6.87. The molecule has 4 heteroatoms. The van der Waals surface area contributed by atoms with E-state index in [0.29, 0.717) is 6.04 Å². The molecule has 0 aromatic heterocycles. The smallest absolute Gasteiger partial charge is 0.408 e. The van der Waals surface area contributed by atoms with E-state index in [1.54, 1.807) is 4.90 Å². The second-order valence-electron chi connectivity index (χ2n) is 7.05. The van der Waals surface area contributed by atoms with Crippen molar-refractivity contribution < 1.29 is 9.90 Å². The number of amides is 1. The first-order valence-electron chi connectivity index (χ1n) is 7.66. The monoisotopic (exact) mass is 268 g/mol. The third-order valence-electron chi connectivity index (χ3n) is 4.58. The number of nitrogens with zero attached hydrogens (tertiary/aromatic N) is 2. The van der Waals surface area contributed by atoms with Crippen molar-refractivity contribution in [3.63, 3.8) is 0 Å². The van der Waals surface area contributed by atoms with Crippen LogP contribution in [-0.4, -0.2) is 51.7 Å². The zero-order chi connectivity index (χ0) is 14.0. The minimum absolute atomic E-state index is 0.166. The summed E-state index contributed by atoms with van der Waals surface area (Å²) in [5.74, 6) is 0. The SMILES string of the molecule is CC(C)(C)N(C(=O)O)C1CCN(C2CCCCC2)C1. The predicted octanol–water partition coefficient (Wildman–Crippen LogP) is 3.17. The van der Waals surface area contributed by atoms with Gasteiger partial charge in [-0.15, -0.1) is 0 Å². The molecule has 2 aliphatic rings. The summed E-state index contributed by atoms with van der Waals surface area (Å²) in [4.78, 5) is 15.7. The molecular formula is C15H28N2O2. The highest BCUT2D eigenvalue weighted by molar-refractivity contribution is 5.66. The van der Waals surface area contributed by atoms with Crippen molar-refractivity contribution in [2.75, 3.05) is 13.1 Å². The molecule has 1 unspecified atom stereocenters. The number of hydrogen-bond donors (Lipinski definition) is 1. The highest BCUT2D eigenvalue weighted by Crippen LogP contribution is 2.29. The minimum atomic E-state index is -0.775. The van der Waals surface area contributed by atoms with Crippen molar-refractivity contribution in [3.05, 3.63) is 0 Å². The van der Waals surface area contributed by atoms with Crippen molar-refractivity contribution in [1.29, 1.82) is 0 Å². The van der Waals surface area contributed by atoms with Gasteiger partial charge in [-0.05, 0) is 40.0 Å². The number of rotatable bonds is 2. The molecule has 0 bridgehead atoms. The maximum atomic E-state index is 11.5. The molecule has 0 aromatic carbocycles. The topological polar surface area (TPSA) is 43.8 Å². The van der Waals surface area contributed by atoms with E-state index in [9.17, 15) is 9.90 Å². The van der Waals surface area contributed by atoms with Crippen molar-refractivity contribution in [2.45, 2.75) is 76.9 Å². The van der Waals surface area contributed by atoms with Crippen LogP contribution in [0.1, 0.15) is 59.3 Å². The van der Waals surface area contributed by atoms with Crippen LogP contribution < -0.4 is 0 Å². The standard InChI is InChI=1S/C15H28N2O2/c1-15(2,3)17(14(18)19)13-9-10-16(11-13)12-7-5-4-6-8-12/h12-13H,4-11H2,1-3H3,(H,18,19). The normalized spacial score (nSPS) is 26.6. The van der Waals surface area contributed by atoms with Gasteiger partial charge < -0.3 is 5.11 Å². The Balaban J connectivity index is 1.98. The summed E-state index contributed by atoms with van der Waals surface area (Å²) >= 11 is 0. The van der Waals surface area contributed by atoms with Gasteiger partial charge in [-0.3, -0.25) is 9.80 Å². The van der Waals surface area contributed by atoms with Gasteiger partial charge in [-0.1, -0.05) is 19.3 Å². The fourth-order valence-corrected chi connectivity index (χ4v) is 3.75. The molecule has 4 nitrogen and oxygen atoms in total. The molecule has 0 aromatic rings. The van der Waals surface area contributed by atoms with Crippen LogP contribution in [-0.2, 0) is 0 Å². The highest BCUT2D eigenvalue weighted by Gasteiger charge is 2.38. The van der Waals surface area contributed by atoms with Gasteiger partial charge in [-0.2, -0.15) is 0 Å². The van der Waals surface area contributed by atoms with Crippen molar-refractivity contribution in [1.82, 2.24) is 9.80 Å². The van der Waals surface area contributed by atoms with Crippen LogP contribution in [0.15, 0.2) is 0 Å². The Hall–Kier alpha value is -0.770. The van der Waals surface area contributed by atoms with E-state index in [2.05, 4.69) is 4.90 Å². The number of hydrogen-bond acceptors (Lipinski definition) is 2. The quantitative estimate of drug-likeness (QED) is 0.836. The first-order chi connectivity index (χ1) is 8.89. The van der Waals surface area contributed by atoms with Gasteiger partial charge in [0.1, 0.15) is 0 Å². The molecule has 1 saturated carbocycles. The molecule has 0 radical (unpaired) electrons.